The largest absolute Gasteiger partial charge is 0.354 e. The fraction of sp³-hybridized carbons (Fsp3) is 0.414. The zero-order valence-electron chi connectivity index (χ0n) is 21.1. The monoisotopic (exact) mass is 470 g/mol. The average Bonchev–Trinajstić information content (AvgIpc) is 3.40. The third-order valence-electron chi connectivity index (χ3n) is 6.31. The fourth-order valence-corrected chi connectivity index (χ4v) is 4.27. The highest BCUT2D eigenvalue weighted by atomic mass is 15.2. The lowest BCUT2D eigenvalue weighted by molar-refractivity contribution is 0.655. The Labute approximate surface area is 209 Å². The quantitative estimate of drug-likeness (QED) is 0.332. The van der Waals surface area contributed by atoms with Crippen molar-refractivity contribution in [3.8, 4) is 11.3 Å². The van der Waals surface area contributed by atoms with Crippen LogP contribution >= 0.6 is 0 Å². The van der Waals surface area contributed by atoms with E-state index >= 15 is 0 Å². The molecular weight excluding hydrogens is 432 g/mol. The van der Waals surface area contributed by atoms with E-state index in [0.717, 1.165) is 73.4 Å². The van der Waals surface area contributed by atoms with E-state index in [4.69, 9.17) is 9.97 Å². The highest BCUT2D eigenvalue weighted by Crippen LogP contribution is 2.24. The molecule has 0 fully saturated rings. The summed E-state index contributed by atoms with van der Waals surface area (Å²) in [6.07, 6.45) is 8.00. The summed E-state index contributed by atoms with van der Waals surface area (Å²) in [7, 11) is 2.11. The van der Waals surface area contributed by atoms with E-state index in [-0.39, 0.29) is 0 Å². The molecule has 0 bridgehead atoms. The molecule has 0 unspecified atom stereocenters. The molecule has 0 aliphatic carbocycles. The van der Waals surface area contributed by atoms with E-state index in [1.807, 2.05) is 0 Å². The molecule has 3 aromatic rings. The number of aromatic nitrogens is 2. The van der Waals surface area contributed by atoms with Gasteiger partial charge in [0, 0.05) is 37.1 Å². The van der Waals surface area contributed by atoms with Crippen LogP contribution in [-0.2, 0) is 12.8 Å². The van der Waals surface area contributed by atoms with Crippen LogP contribution in [0.2, 0.25) is 0 Å². The molecule has 2 N–H and O–H groups in total. The Kier molecular flexibility index (Phi) is 9.10. The second kappa shape index (κ2) is 12.9. The summed E-state index contributed by atoms with van der Waals surface area (Å²) in [5, 5.41) is 6.58. The van der Waals surface area contributed by atoms with Crippen molar-refractivity contribution in [1.82, 2.24) is 15.3 Å². The molecular formula is C29H38N6. The van der Waals surface area contributed by atoms with Crippen LogP contribution < -0.4 is 15.5 Å². The molecule has 2 aromatic carbocycles. The number of guanidine groups is 1. The summed E-state index contributed by atoms with van der Waals surface area (Å²) >= 11 is 0. The highest BCUT2D eigenvalue weighted by molar-refractivity contribution is 5.94. The van der Waals surface area contributed by atoms with Gasteiger partial charge in [0.25, 0.3) is 0 Å². The molecule has 4 rings (SSSR count). The van der Waals surface area contributed by atoms with Crippen LogP contribution in [0.3, 0.4) is 0 Å². The zero-order chi connectivity index (χ0) is 24.3. The molecule has 6 heteroatoms. The second-order valence-corrected chi connectivity index (χ2v) is 9.23. The third kappa shape index (κ3) is 7.54. The van der Waals surface area contributed by atoms with Crippen LogP contribution in [0.4, 0.5) is 11.6 Å². The standard InChI is InChI=1S/C29H38N6/c1-3-4-5-9-21-35(2)29-33-26(14-10-13-23-11-7-6-8-12-23)22-27(34-29)24-15-17-25(18-16-24)32-28-30-19-20-31-28/h6-8,11-12,15-18,22H,3-5,9-10,13-14,19-21H2,1-2H3,(H2,30,31,32). The van der Waals surface area contributed by atoms with Gasteiger partial charge in [-0.25, -0.2) is 9.97 Å². The highest BCUT2D eigenvalue weighted by Gasteiger charge is 2.12. The molecule has 2 heterocycles. The molecule has 0 spiro atoms. The van der Waals surface area contributed by atoms with Crippen molar-refractivity contribution in [3.05, 3.63) is 71.9 Å². The normalized spacial score (nSPS) is 12.8. The van der Waals surface area contributed by atoms with E-state index in [1.165, 1.54) is 31.2 Å². The lowest BCUT2D eigenvalue weighted by Crippen LogP contribution is -2.26. The molecule has 1 aliphatic heterocycles. The maximum absolute atomic E-state index is 4.96. The molecule has 0 atom stereocenters. The number of aliphatic imine (C=N–C) groups is 1. The number of benzene rings is 2. The molecule has 1 aromatic heterocycles. The minimum Gasteiger partial charge on any atom is -0.354 e. The summed E-state index contributed by atoms with van der Waals surface area (Å²) in [6.45, 7) is 4.94. The average molecular weight is 471 g/mol. The van der Waals surface area contributed by atoms with Crippen molar-refractivity contribution < 1.29 is 0 Å². The van der Waals surface area contributed by atoms with Gasteiger partial charge in [0.05, 0.1) is 12.2 Å². The molecule has 184 valence electrons. The molecule has 0 amide bonds. The first kappa shape index (κ1) is 24.7. The van der Waals surface area contributed by atoms with E-state index in [1.54, 1.807) is 0 Å². The SMILES string of the molecule is CCCCCCN(C)c1nc(CCCc2ccccc2)cc(-c2ccc(NC3=NCCN3)cc2)n1. The zero-order valence-corrected chi connectivity index (χ0v) is 21.1. The summed E-state index contributed by atoms with van der Waals surface area (Å²) in [4.78, 5) is 16.5. The van der Waals surface area contributed by atoms with Crippen molar-refractivity contribution in [2.75, 3.05) is 36.9 Å². The van der Waals surface area contributed by atoms with Gasteiger partial charge in [0.2, 0.25) is 5.95 Å². The number of nitrogens with one attached hydrogen (secondary N) is 2. The molecule has 1 aliphatic rings. The van der Waals surface area contributed by atoms with Gasteiger partial charge in [-0.1, -0.05) is 68.7 Å². The first-order chi connectivity index (χ1) is 17.2. The molecule has 0 radical (unpaired) electrons. The van der Waals surface area contributed by atoms with Crippen LogP contribution in [0.15, 0.2) is 65.7 Å². The lowest BCUT2D eigenvalue weighted by Gasteiger charge is -2.19. The Bertz CT molecular complexity index is 1080. The maximum Gasteiger partial charge on any atom is 0.225 e. The Balaban J connectivity index is 1.49. The van der Waals surface area contributed by atoms with Crippen LogP contribution in [0.5, 0.6) is 0 Å². The van der Waals surface area contributed by atoms with Gasteiger partial charge in [-0.15, -0.1) is 0 Å². The first-order valence-electron chi connectivity index (χ1n) is 13.0. The van der Waals surface area contributed by atoms with Gasteiger partial charge in [-0.05, 0) is 49.4 Å². The number of hydrogen-bond donors (Lipinski definition) is 2. The fourth-order valence-electron chi connectivity index (χ4n) is 4.27. The Morgan fingerprint density at radius 2 is 1.74 bits per heavy atom. The minimum absolute atomic E-state index is 0.820. The van der Waals surface area contributed by atoms with Crippen molar-refractivity contribution in [1.29, 1.82) is 0 Å². The topological polar surface area (TPSA) is 65.4 Å². The van der Waals surface area contributed by atoms with Crippen LogP contribution in [0, 0.1) is 0 Å². The van der Waals surface area contributed by atoms with Crippen molar-refractivity contribution in [3.63, 3.8) is 0 Å². The van der Waals surface area contributed by atoms with Gasteiger partial charge >= 0.3 is 0 Å². The number of rotatable bonds is 12. The Hall–Kier alpha value is -3.41. The van der Waals surface area contributed by atoms with E-state index < -0.39 is 0 Å². The van der Waals surface area contributed by atoms with Gasteiger partial charge in [-0.2, -0.15) is 0 Å². The summed E-state index contributed by atoms with van der Waals surface area (Å²) in [5.41, 5.74) is 5.58. The van der Waals surface area contributed by atoms with Gasteiger partial charge in [0.1, 0.15) is 0 Å². The van der Waals surface area contributed by atoms with E-state index in [9.17, 15) is 0 Å². The summed E-state index contributed by atoms with van der Waals surface area (Å²) in [6, 6.07) is 21.3. The molecule has 0 saturated heterocycles. The summed E-state index contributed by atoms with van der Waals surface area (Å²) in [5.74, 6) is 1.66. The van der Waals surface area contributed by atoms with Gasteiger partial charge in [-0.3, -0.25) is 4.99 Å². The number of hydrogen-bond acceptors (Lipinski definition) is 6. The molecule has 6 nitrogen and oxygen atoms in total. The maximum atomic E-state index is 4.96. The summed E-state index contributed by atoms with van der Waals surface area (Å²) < 4.78 is 0. The predicted octanol–water partition coefficient (Wildman–Crippen LogP) is 5.71. The molecule has 35 heavy (non-hydrogen) atoms. The molecule has 0 saturated carbocycles. The predicted molar refractivity (Wildman–Crippen MR) is 147 cm³/mol. The number of unbranched alkanes of at least 4 members (excludes halogenated alkanes) is 3. The first-order valence-corrected chi connectivity index (χ1v) is 13.0. The Morgan fingerprint density at radius 3 is 2.49 bits per heavy atom. The van der Waals surface area contributed by atoms with Crippen LogP contribution in [0.25, 0.3) is 11.3 Å². The third-order valence-corrected chi connectivity index (χ3v) is 6.31. The second-order valence-electron chi connectivity index (χ2n) is 9.23. The van der Waals surface area contributed by atoms with Gasteiger partial charge in [0.15, 0.2) is 5.96 Å². The van der Waals surface area contributed by atoms with Crippen molar-refractivity contribution in [2.45, 2.75) is 51.9 Å². The smallest absolute Gasteiger partial charge is 0.225 e. The number of aryl methyl sites for hydroxylation is 2. The van der Waals surface area contributed by atoms with Crippen LogP contribution in [0.1, 0.15) is 50.3 Å². The van der Waals surface area contributed by atoms with E-state index in [2.05, 4.69) is 95.2 Å². The lowest BCUT2D eigenvalue weighted by atomic mass is 10.1. The van der Waals surface area contributed by atoms with Crippen molar-refractivity contribution >= 4 is 17.6 Å². The minimum atomic E-state index is 0.820. The number of nitrogens with zero attached hydrogens (tertiary/aromatic N) is 4. The van der Waals surface area contributed by atoms with E-state index in [0.29, 0.717) is 0 Å². The Morgan fingerprint density at radius 1 is 0.914 bits per heavy atom. The van der Waals surface area contributed by atoms with Gasteiger partial charge < -0.3 is 15.5 Å². The number of anilines is 2. The van der Waals surface area contributed by atoms with Crippen molar-refractivity contribution in [2.24, 2.45) is 4.99 Å². The van der Waals surface area contributed by atoms with Crippen LogP contribution in [-0.4, -0.2) is 42.6 Å².